The Morgan fingerprint density at radius 3 is 2.29 bits per heavy atom. The summed E-state index contributed by atoms with van der Waals surface area (Å²) in [4.78, 5) is 40.8. The van der Waals surface area contributed by atoms with E-state index in [-0.39, 0.29) is 29.9 Å². The first-order chi connectivity index (χ1) is 19.6. The van der Waals surface area contributed by atoms with Crippen molar-refractivity contribution in [3.63, 3.8) is 0 Å². The number of carbonyl (C=O) groups is 3. The second kappa shape index (κ2) is 13.6. The van der Waals surface area contributed by atoms with Crippen LogP contribution in [0.5, 0.6) is 0 Å². The van der Waals surface area contributed by atoms with Crippen LogP contribution in [0.15, 0.2) is 52.9 Å². The first-order valence-corrected chi connectivity index (χ1v) is 16.3. The van der Waals surface area contributed by atoms with E-state index in [0.29, 0.717) is 10.0 Å². The third kappa shape index (κ3) is 7.52. The van der Waals surface area contributed by atoms with Gasteiger partial charge in [-0.3, -0.25) is 14.4 Å². The van der Waals surface area contributed by atoms with Gasteiger partial charge in [-0.1, -0.05) is 82.1 Å². The second-order valence-corrected chi connectivity index (χ2v) is 15.5. The normalized spacial score (nSPS) is 22.9. The van der Waals surface area contributed by atoms with Gasteiger partial charge in [0.05, 0.1) is 39.4 Å². The molecular weight excluding hydrogens is 597 g/mol. The number of carboxylic acid groups (broad SMARTS) is 1. The number of hydrogen-bond acceptors (Lipinski definition) is 5. The zero-order valence-corrected chi connectivity index (χ0v) is 26.7. The summed E-state index contributed by atoms with van der Waals surface area (Å²) in [7, 11) is -3.23. The van der Waals surface area contributed by atoms with Crippen molar-refractivity contribution in [2.24, 2.45) is 15.7 Å². The lowest BCUT2D eigenvalue weighted by Gasteiger charge is -2.53. The molecule has 0 spiro atoms. The van der Waals surface area contributed by atoms with Crippen LogP contribution in [0, 0.1) is 22.7 Å². The summed E-state index contributed by atoms with van der Waals surface area (Å²) in [6.07, 6.45) is -0.667. The Morgan fingerprint density at radius 1 is 1.12 bits per heavy atom. The number of benzene rings is 2. The molecule has 11 heteroatoms. The SMILES string of the molecule is CC(C)C(CS(=O)(=NC(=O)CC#N)C(C)C)N1C(=O)[C@@](C)(CC(=O)O)C[C@H](c2cccc(Cl)c2)[C@H]1c1ccc(Cl)cc1. The van der Waals surface area contributed by atoms with E-state index in [0.717, 1.165) is 11.1 Å². The van der Waals surface area contributed by atoms with Crippen LogP contribution in [0.1, 0.15) is 77.0 Å². The molecule has 0 aromatic heterocycles. The van der Waals surface area contributed by atoms with Crippen LogP contribution in [0.3, 0.4) is 0 Å². The number of likely N-dealkylation sites (tertiary alicyclic amines) is 1. The van der Waals surface area contributed by atoms with Crippen molar-refractivity contribution in [1.29, 1.82) is 5.26 Å². The second-order valence-electron chi connectivity index (χ2n) is 11.7. The van der Waals surface area contributed by atoms with Crippen molar-refractivity contribution < 1.29 is 23.7 Å². The van der Waals surface area contributed by atoms with Crippen molar-refractivity contribution in [2.45, 2.75) is 77.1 Å². The van der Waals surface area contributed by atoms with Gasteiger partial charge in [0.25, 0.3) is 5.91 Å². The van der Waals surface area contributed by atoms with Gasteiger partial charge in [0.2, 0.25) is 5.91 Å². The Balaban J connectivity index is 2.33. The number of amides is 2. The minimum atomic E-state index is -3.23. The molecule has 1 aliphatic heterocycles. The van der Waals surface area contributed by atoms with E-state index in [1.54, 1.807) is 49.9 Å². The Hall–Kier alpha value is -2.93. The largest absolute Gasteiger partial charge is 0.481 e. The standard InChI is InChI=1S/C31H37Cl2N3O5S/c1-19(2)26(18-42(41,20(3)4)35-27(37)13-14-34)36-29(21-9-11-23(32)12-10-21)25(22-7-6-8-24(33)15-22)16-31(5,30(36)40)17-28(38)39/h6-12,15,19-20,25-26,29H,13,16-18H2,1-5H3,(H,38,39)/t25-,26?,29-,31-,42?/m1/s1. The van der Waals surface area contributed by atoms with Crippen LogP contribution in [0.4, 0.5) is 0 Å². The van der Waals surface area contributed by atoms with Crippen molar-refractivity contribution in [3.05, 3.63) is 69.7 Å². The van der Waals surface area contributed by atoms with Crippen LogP contribution >= 0.6 is 23.2 Å². The molecule has 1 heterocycles. The molecule has 5 atom stereocenters. The van der Waals surface area contributed by atoms with Gasteiger partial charge in [-0.25, -0.2) is 4.21 Å². The fourth-order valence-corrected chi connectivity index (χ4v) is 8.13. The summed E-state index contributed by atoms with van der Waals surface area (Å²) < 4.78 is 18.3. The number of nitrogens with zero attached hydrogens (tertiary/aromatic N) is 3. The Kier molecular flexibility index (Phi) is 10.9. The average Bonchev–Trinajstić information content (AvgIpc) is 2.89. The van der Waals surface area contributed by atoms with E-state index in [2.05, 4.69) is 4.36 Å². The van der Waals surface area contributed by atoms with E-state index < -0.39 is 57.2 Å². The van der Waals surface area contributed by atoms with E-state index in [4.69, 9.17) is 28.5 Å². The molecule has 8 nitrogen and oxygen atoms in total. The molecule has 1 N–H and O–H groups in total. The highest BCUT2D eigenvalue weighted by Gasteiger charge is 2.53. The summed E-state index contributed by atoms with van der Waals surface area (Å²) in [5, 5.41) is 19.3. The molecular formula is C31H37Cl2N3O5S. The van der Waals surface area contributed by atoms with Crippen LogP contribution in [-0.2, 0) is 24.1 Å². The van der Waals surface area contributed by atoms with Gasteiger partial charge in [0.1, 0.15) is 6.42 Å². The molecule has 2 amide bonds. The molecule has 1 aliphatic rings. The highest BCUT2D eigenvalue weighted by atomic mass is 35.5. The maximum Gasteiger partial charge on any atom is 0.304 e. The summed E-state index contributed by atoms with van der Waals surface area (Å²) in [6, 6.07) is 14.9. The number of aliphatic carboxylic acids is 1. The van der Waals surface area contributed by atoms with Gasteiger partial charge in [-0.05, 0) is 47.7 Å². The minimum absolute atomic E-state index is 0.124. The van der Waals surface area contributed by atoms with E-state index in [1.165, 1.54) is 0 Å². The topological polar surface area (TPSA) is 128 Å². The minimum Gasteiger partial charge on any atom is -0.481 e. The van der Waals surface area contributed by atoms with Crippen LogP contribution in [-0.4, -0.2) is 49.0 Å². The number of carboxylic acids is 1. The average molecular weight is 635 g/mol. The predicted molar refractivity (Wildman–Crippen MR) is 165 cm³/mol. The summed E-state index contributed by atoms with van der Waals surface area (Å²) in [6.45, 7) is 8.84. The number of carbonyl (C=O) groups excluding carboxylic acids is 2. The maximum atomic E-state index is 14.6. The third-order valence-electron chi connectivity index (χ3n) is 7.89. The molecule has 3 rings (SSSR count). The molecule has 1 saturated heterocycles. The van der Waals surface area contributed by atoms with Gasteiger partial charge in [0.15, 0.2) is 0 Å². The fourth-order valence-electron chi connectivity index (χ4n) is 5.69. The number of piperidine rings is 1. The summed E-state index contributed by atoms with van der Waals surface area (Å²) >= 11 is 12.6. The molecule has 2 aromatic carbocycles. The van der Waals surface area contributed by atoms with Crippen LogP contribution < -0.4 is 0 Å². The zero-order chi connectivity index (χ0) is 31.4. The number of nitriles is 1. The zero-order valence-electron chi connectivity index (χ0n) is 24.4. The lowest BCUT2D eigenvalue weighted by Crippen LogP contribution is -2.59. The lowest BCUT2D eigenvalue weighted by atomic mass is 9.66. The quantitative estimate of drug-likeness (QED) is 0.304. The molecule has 0 radical (unpaired) electrons. The summed E-state index contributed by atoms with van der Waals surface area (Å²) in [5.74, 6) is -3.01. The van der Waals surface area contributed by atoms with Crippen LogP contribution in [0.2, 0.25) is 10.0 Å². The Bertz CT molecular complexity index is 1490. The number of halogens is 2. The van der Waals surface area contributed by atoms with Gasteiger partial charge < -0.3 is 10.0 Å². The number of hydrogen-bond donors (Lipinski definition) is 1. The smallest absolute Gasteiger partial charge is 0.304 e. The van der Waals surface area contributed by atoms with Crippen molar-refractivity contribution in [3.8, 4) is 6.07 Å². The highest BCUT2D eigenvalue weighted by molar-refractivity contribution is 7.94. The third-order valence-corrected chi connectivity index (χ3v) is 11.2. The van der Waals surface area contributed by atoms with Gasteiger partial charge >= 0.3 is 5.97 Å². The van der Waals surface area contributed by atoms with Crippen LogP contribution in [0.25, 0.3) is 0 Å². The Labute approximate surface area is 258 Å². The maximum absolute atomic E-state index is 14.6. The molecule has 2 unspecified atom stereocenters. The first kappa shape index (κ1) is 33.6. The van der Waals surface area contributed by atoms with E-state index in [1.807, 2.05) is 44.2 Å². The molecule has 0 bridgehead atoms. The molecule has 1 fully saturated rings. The molecule has 0 aliphatic carbocycles. The molecule has 42 heavy (non-hydrogen) atoms. The van der Waals surface area contributed by atoms with E-state index in [9.17, 15) is 23.7 Å². The molecule has 0 saturated carbocycles. The van der Waals surface area contributed by atoms with Gasteiger partial charge in [-0.2, -0.15) is 9.62 Å². The molecule has 226 valence electrons. The van der Waals surface area contributed by atoms with Crippen molar-refractivity contribution >= 4 is 50.7 Å². The van der Waals surface area contributed by atoms with Crippen molar-refractivity contribution in [2.75, 3.05) is 5.75 Å². The predicted octanol–water partition coefficient (Wildman–Crippen LogP) is 6.87. The van der Waals surface area contributed by atoms with Gasteiger partial charge in [0, 0.05) is 27.3 Å². The monoisotopic (exact) mass is 633 g/mol. The Morgan fingerprint density at radius 2 is 1.76 bits per heavy atom. The summed E-state index contributed by atoms with van der Waals surface area (Å²) in [5.41, 5.74) is 0.313. The van der Waals surface area contributed by atoms with Gasteiger partial charge in [-0.15, -0.1) is 0 Å². The highest BCUT2D eigenvalue weighted by Crippen LogP contribution is 2.52. The van der Waals surface area contributed by atoms with E-state index >= 15 is 0 Å². The first-order valence-electron chi connectivity index (χ1n) is 13.8. The number of rotatable bonds is 10. The fraction of sp³-hybridized carbons (Fsp3) is 0.484. The lowest BCUT2D eigenvalue weighted by molar-refractivity contribution is -0.161. The molecule has 2 aromatic rings. The van der Waals surface area contributed by atoms with Crippen molar-refractivity contribution in [1.82, 2.24) is 4.90 Å².